The van der Waals surface area contributed by atoms with E-state index in [1.807, 2.05) is 0 Å². The standard InChI is InChI=1S/C17H20N6O4S/c1-2-27-17(26)22-7-5-9-10(8-22)28-16(12(9)13(18)24)19-15(25)14-21-20-11-4-3-6-23(11)14/h2-8H2,1H3,(H2,18,24)(H,19,25). The Morgan fingerprint density at radius 2 is 2.07 bits per heavy atom. The third-order valence-corrected chi connectivity index (χ3v) is 6.00. The third-order valence-electron chi connectivity index (χ3n) is 4.87. The number of hydrogen-bond donors (Lipinski definition) is 2. The lowest BCUT2D eigenvalue weighted by atomic mass is 10.0. The molecule has 0 bridgehead atoms. The number of amides is 3. The van der Waals surface area contributed by atoms with Crippen molar-refractivity contribution in [3.8, 4) is 0 Å². The molecule has 28 heavy (non-hydrogen) atoms. The number of thiophene rings is 1. The van der Waals surface area contributed by atoms with Crippen molar-refractivity contribution in [1.82, 2.24) is 19.7 Å². The molecule has 2 aromatic heterocycles. The smallest absolute Gasteiger partial charge is 0.410 e. The molecule has 0 radical (unpaired) electrons. The van der Waals surface area contributed by atoms with Gasteiger partial charge in [-0.15, -0.1) is 21.5 Å². The summed E-state index contributed by atoms with van der Waals surface area (Å²) in [5.74, 6) is -0.0221. The molecule has 0 unspecified atom stereocenters. The van der Waals surface area contributed by atoms with Crippen molar-refractivity contribution >= 4 is 34.2 Å². The van der Waals surface area contributed by atoms with E-state index in [2.05, 4.69) is 15.5 Å². The van der Waals surface area contributed by atoms with Crippen LogP contribution >= 0.6 is 11.3 Å². The van der Waals surface area contributed by atoms with Crippen molar-refractivity contribution < 1.29 is 19.1 Å². The van der Waals surface area contributed by atoms with E-state index in [1.165, 1.54) is 11.3 Å². The predicted octanol–water partition coefficient (Wildman–Crippen LogP) is 1.15. The molecule has 0 aliphatic carbocycles. The van der Waals surface area contributed by atoms with Crippen LogP contribution in [0.2, 0.25) is 0 Å². The second kappa shape index (κ2) is 7.23. The molecule has 2 aliphatic rings. The van der Waals surface area contributed by atoms with Crippen LogP contribution in [0.25, 0.3) is 0 Å². The summed E-state index contributed by atoms with van der Waals surface area (Å²) in [5, 5.41) is 11.2. The summed E-state index contributed by atoms with van der Waals surface area (Å²) in [6, 6.07) is 0. The van der Waals surface area contributed by atoms with Gasteiger partial charge in [0.1, 0.15) is 10.8 Å². The number of anilines is 1. The van der Waals surface area contributed by atoms with Crippen LogP contribution in [-0.4, -0.2) is 50.7 Å². The molecule has 3 N–H and O–H groups in total. The van der Waals surface area contributed by atoms with Crippen LogP contribution in [0.4, 0.5) is 9.80 Å². The minimum atomic E-state index is -0.608. The zero-order chi connectivity index (χ0) is 19.8. The van der Waals surface area contributed by atoms with E-state index >= 15 is 0 Å². The first-order valence-corrected chi connectivity index (χ1v) is 9.90. The van der Waals surface area contributed by atoms with Crippen molar-refractivity contribution in [2.24, 2.45) is 5.73 Å². The first-order valence-electron chi connectivity index (χ1n) is 9.09. The Bertz CT molecular complexity index is 965. The number of ether oxygens (including phenoxy) is 1. The Kier molecular flexibility index (Phi) is 4.75. The minimum Gasteiger partial charge on any atom is -0.450 e. The lowest BCUT2D eigenvalue weighted by molar-refractivity contribution is 0.0997. The fraction of sp³-hybridized carbons (Fsp3) is 0.471. The van der Waals surface area contributed by atoms with Crippen molar-refractivity contribution in [3.05, 3.63) is 27.7 Å². The predicted molar refractivity (Wildman–Crippen MR) is 100 cm³/mol. The Hall–Kier alpha value is -2.95. The lowest BCUT2D eigenvalue weighted by Crippen LogP contribution is -2.36. The highest BCUT2D eigenvalue weighted by Gasteiger charge is 2.31. The van der Waals surface area contributed by atoms with Crippen molar-refractivity contribution in [1.29, 1.82) is 0 Å². The largest absolute Gasteiger partial charge is 0.450 e. The van der Waals surface area contributed by atoms with Gasteiger partial charge in [0.2, 0.25) is 5.82 Å². The molecular formula is C17H20N6O4S. The first kappa shape index (κ1) is 18.4. The maximum absolute atomic E-state index is 12.7. The van der Waals surface area contributed by atoms with Gasteiger partial charge < -0.3 is 25.3 Å². The lowest BCUT2D eigenvalue weighted by Gasteiger charge is -2.26. The van der Waals surface area contributed by atoms with Crippen LogP contribution in [0.15, 0.2) is 0 Å². The number of primary amides is 1. The molecule has 0 aromatic carbocycles. The summed E-state index contributed by atoms with van der Waals surface area (Å²) in [6.07, 6.45) is 1.80. The number of rotatable bonds is 4. The quantitative estimate of drug-likeness (QED) is 0.785. The number of carbonyl (C=O) groups is 3. The second-order valence-corrected chi connectivity index (χ2v) is 7.70. The van der Waals surface area contributed by atoms with Gasteiger partial charge in [0.25, 0.3) is 11.8 Å². The highest BCUT2D eigenvalue weighted by molar-refractivity contribution is 7.17. The van der Waals surface area contributed by atoms with Gasteiger partial charge in [-0.25, -0.2) is 4.79 Å². The monoisotopic (exact) mass is 404 g/mol. The molecule has 4 rings (SSSR count). The van der Waals surface area contributed by atoms with E-state index in [0.717, 1.165) is 29.1 Å². The van der Waals surface area contributed by atoms with Crippen LogP contribution in [0.5, 0.6) is 0 Å². The van der Waals surface area contributed by atoms with E-state index in [4.69, 9.17) is 10.5 Å². The van der Waals surface area contributed by atoms with Gasteiger partial charge in [0.15, 0.2) is 0 Å². The van der Waals surface area contributed by atoms with Gasteiger partial charge >= 0.3 is 6.09 Å². The van der Waals surface area contributed by atoms with Gasteiger partial charge in [0, 0.05) is 24.4 Å². The molecule has 2 aliphatic heterocycles. The SMILES string of the molecule is CCOC(=O)N1CCc2c(sc(NC(=O)c3nnc4n3CCC4)c2C(N)=O)C1. The Morgan fingerprint density at radius 3 is 2.82 bits per heavy atom. The van der Waals surface area contributed by atoms with Crippen molar-refractivity contribution in [2.45, 2.75) is 39.3 Å². The Labute approximate surface area is 164 Å². The summed E-state index contributed by atoms with van der Waals surface area (Å²) in [4.78, 5) is 39.2. The highest BCUT2D eigenvalue weighted by atomic mass is 32.1. The van der Waals surface area contributed by atoms with Crippen molar-refractivity contribution in [3.63, 3.8) is 0 Å². The number of nitrogens with two attached hydrogens (primary N) is 1. The van der Waals surface area contributed by atoms with E-state index in [-0.39, 0.29) is 5.82 Å². The van der Waals surface area contributed by atoms with Crippen LogP contribution in [0.1, 0.15) is 50.6 Å². The maximum Gasteiger partial charge on any atom is 0.410 e. The summed E-state index contributed by atoms with van der Waals surface area (Å²) in [5.41, 5.74) is 6.67. The number of nitrogens with zero attached hydrogens (tertiary/aromatic N) is 4. The zero-order valence-electron chi connectivity index (χ0n) is 15.4. The van der Waals surface area contributed by atoms with Crippen LogP contribution in [-0.2, 0) is 30.7 Å². The molecule has 4 heterocycles. The zero-order valence-corrected chi connectivity index (χ0v) is 16.2. The molecular weight excluding hydrogens is 384 g/mol. The Morgan fingerprint density at radius 1 is 1.25 bits per heavy atom. The molecule has 0 saturated carbocycles. The van der Waals surface area contributed by atoms with Crippen molar-refractivity contribution in [2.75, 3.05) is 18.5 Å². The molecule has 11 heteroatoms. The molecule has 10 nitrogen and oxygen atoms in total. The normalized spacial score (nSPS) is 15.1. The molecule has 0 saturated heterocycles. The fourth-order valence-corrected chi connectivity index (χ4v) is 4.86. The van der Waals surface area contributed by atoms with E-state index in [9.17, 15) is 14.4 Å². The van der Waals surface area contributed by atoms with E-state index in [1.54, 1.807) is 16.4 Å². The molecule has 0 fully saturated rings. The number of carbonyl (C=O) groups excluding carboxylic acids is 3. The molecule has 2 aromatic rings. The van der Waals surface area contributed by atoms with Gasteiger partial charge in [0.05, 0.1) is 18.7 Å². The van der Waals surface area contributed by atoms with Gasteiger partial charge in [-0.3, -0.25) is 9.59 Å². The summed E-state index contributed by atoms with van der Waals surface area (Å²) < 4.78 is 6.84. The van der Waals surface area contributed by atoms with Crippen LogP contribution in [0.3, 0.4) is 0 Å². The third kappa shape index (κ3) is 3.11. The van der Waals surface area contributed by atoms with E-state index < -0.39 is 17.9 Å². The molecule has 3 amide bonds. The minimum absolute atomic E-state index is 0.224. The number of aromatic nitrogens is 3. The number of nitrogens with one attached hydrogen (secondary N) is 1. The maximum atomic E-state index is 12.7. The summed E-state index contributed by atoms with van der Waals surface area (Å²) >= 11 is 1.25. The summed E-state index contributed by atoms with van der Waals surface area (Å²) in [7, 11) is 0. The van der Waals surface area contributed by atoms with Gasteiger partial charge in [-0.05, 0) is 25.3 Å². The fourth-order valence-electron chi connectivity index (χ4n) is 3.60. The van der Waals surface area contributed by atoms with Crippen LogP contribution in [0, 0.1) is 0 Å². The second-order valence-electron chi connectivity index (χ2n) is 6.59. The van der Waals surface area contributed by atoms with Crippen LogP contribution < -0.4 is 11.1 Å². The number of aryl methyl sites for hydroxylation is 1. The average Bonchev–Trinajstić information content (AvgIpc) is 3.34. The Balaban J connectivity index is 1.60. The highest BCUT2D eigenvalue weighted by Crippen LogP contribution is 2.37. The molecule has 0 atom stereocenters. The van der Waals surface area contributed by atoms with Gasteiger partial charge in [-0.2, -0.15) is 0 Å². The molecule has 0 spiro atoms. The first-order chi connectivity index (χ1) is 13.5. The molecule has 148 valence electrons. The number of fused-ring (bicyclic) bond motifs is 2. The van der Waals surface area contributed by atoms with E-state index in [0.29, 0.717) is 43.2 Å². The summed E-state index contributed by atoms with van der Waals surface area (Å²) in [6.45, 7) is 3.48. The average molecular weight is 404 g/mol. The number of hydrogen-bond acceptors (Lipinski definition) is 7. The van der Waals surface area contributed by atoms with Gasteiger partial charge in [-0.1, -0.05) is 0 Å². The topological polar surface area (TPSA) is 132 Å².